The van der Waals surface area contributed by atoms with Crippen LogP contribution in [0.2, 0.25) is 0 Å². The van der Waals surface area contributed by atoms with Gasteiger partial charge in [-0.1, -0.05) is 12.0 Å². The molecule has 0 aromatic rings. The summed E-state index contributed by atoms with van der Waals surface area (Å²) in [5.74, 6) is 0.467. The molecule has 13 heavy (non-hydrogen) atoms. The summed E-state index contributed by atoms with van der Waals surface area (Å²) in [4.78, 5) is 11.7. The maximum absolute atomic E-state index is 11.7. The van der Waals surface area contributed by atoms with E-state index in [9.17, 15) is 4.79 Å². The number of carbonyl (C=O) groups is 1. The van der Waals surface area contributed by atoms with Gasteiger partial charge < -0.3 is 0 Å². The van der Waals surface area contributed by atoms with E-state index in [1.54, 1.807) is 0 Å². The first kappa shape index (κ1) is 8.98. The standard InChI is InChI=1S/C12H18O/c13-12-9-3-1-2-6-10-7-4-5-8-11(10)12/h1-9H2. The fraction of sp³-hybridized carbons (Fsp3) is 0.750. The average molecular weight is 178 g/mol. The minimum Gasteiger partial charge on any atom is -0.295 e. The molecular formula is C12H18O. The molecule has 0 fully saturated rings. The zero-order chi connectivity index (χ0) is 9.10. The zero-order valence-electron chi connectivity index (χ0n) is 8.27. The topological polar surface area (TPSA) is 17.1 Å². The van der Waals surface area contributed by atoms with E-state index in [1.807, 2.05) is 0 Å². The van der Waals surface area contributed by atoms with Gasteiger partial charge in [-0.3, -0.25) is 4.79 Å². The largest absolute Gasteiger partial charge is 0.295 e. The molecule has 0 unspecified atom stereocenters. The highest BCUT2D eigenvalue weighted by molar-refractivity contribution is 5.96. The number of carbonyl (C=O) groups excluding carboxylic acids is 1. The van der Waals surface area contributed by atoms with Gasteiger partial charge in [-0.05, 0) is 50.5 Å². The zero-order valence-corrected chi connectivity index (χ0v) is 8.27. The van der Waals surface area contributed by atoms with Gasteiger partial charge in [-0.2, -0.15) is 0 Å². The first-order chi connectivity index (χ1) is 6.38. The summed E-state index contributed by atoms with van der Waals surface area (Å²) in [5.41, 5.74) is 2.74. The van der Waals surface area contributed by atoms with Gasteiger partial charge in [-0.15, -0.1) is 0 Å². The van der Waals surface area contributed by atoms with Gasteiger partial charge in [0.15, 0.2) is 5.78 Å². The van der Waals surface area contributed by atoms with Crippen molar-refractivity contribution < 1.29 is 4.79 Å². The van der Waals surface area contributed by atoms with Crippen LogP contribution in [0.4, 0.5) is 0 Å². The Hall–Kier alpha value is -0.590. The Morgan fingerprint density at radius 2 is 1.31 bits per heavy atom. The van der Waals surface area contributed by atoms with Crippen LogP contribution in [0.3, 0.4) is 0 Å². The highest BCUT2D eigenvalue weighted by Crippen LogP contribution is 2.31. The molecule has 2 aliphatic rings. The van der Waals surface area contributed by atoms with Gasteiger partial charge in [0, 0.05) is 6.42 Å². The van der Waals surface area contributed by atoms with Crippen molar-refractivity contribution in [1.29, 1.82) is 0 Å². The molecule has 0 saturated carbocycles. The van der Waals surface area contributed by atoms with Crippen LogP contribution in [0, 0.1) is 0 Å². The van der Waals surface area contributed by atoms with Crippen LogP contribution in [-0.2, 0) is 4.79 Å². The summed E-state index contributed by atoms with van der Waals surface area (Å²) in [6.07, 6.45) is 10.6. The molecule has 0 saturated heterocycles. The summed E-state index contributed by atoms with van der Waals surface area (Å²) < 4.78 is 0. The molecule has 0 heterocycles. The third-order valence-electron chi connectivity index (χ3n) is 3.30. The van der Waals surface area contributed by atoms with E-state index in [-0.39, 0.29) is 0 Å². The lowest BCUT2D eigenvalue weighted by Crippen LogP contribution is -2.12. The molecule has 0 amide bonds. The molecular weight excluding hydrogens is 160 g/mol. The lowest BCUT2D eigenvalue weighted by molar-refractivity contribution is -0.116. The second kappa shape index (κ2) is 4.08. The molecule has 0 bridgehead atoms. The SMILES string of the molecule is O=C1CCCCCC2=C1CCCC2. The van der Waals surface area contributed by atoms with Crippen molar-refractivity contribution in [2.45, 2.75) is 57.8 Å². The predicted octanol–water partition coefficient (Wildman–Crippen LogP) is 3.39. The first-order valence-corrected chi connectivity index (χ1v) is 5.62. The number of allylic oxidation sites excluding steroid dienone is 2. The fourth-order valence-electron chi connectivity index (χ4n) is 2.53. The molecule has 0 aromatic heterocycles. The van der Waals surface area contributed by atoms with Crippen molar-refractivity contribution in [3.8, 4) is 0 Å². The van der Waals surface area contributed by atoms with Crippen LogP contribution in [0.15, 0.2) is 11.1 Å². The summed E-state index contributed by atoms with van der Waals surface area (Å²) in [6, 6.07) is 0. The van der Waals surface area contributed by atoms with Crippen LogP contribution >= 0.6 is 0 Å². The van der Waals surface area contributed by atoms with Gasteiger partial charge >= 0.3 is 0 Å². The molecule has 0 atom stereocenters. The lowest BCUT2D eigenvalue weighted by atomic mass is 9.83. The molecule has 2 aliphatic carbocycles. The van der Waals surface area contributed by atoms with Crippen molar-refractivity contribution in [3.05, 3.63) is 11.1 Å². The first-order valence-electron chi connectivity index (χ1n) is 5.62. The van der Waals surface area contributed by atoms with E-state index >= 15 is 0 Å². The Bertz CT molecular complexity index is 238. The smallest absolute Gasteiger partial charge is 0.158 e. The monoisotopic (exact) mass is 178 g/mol. The Morgan fingerprint density at radius 3 is 2.15 bits per heavy atom. The third-order valence-corrected chi connectivity index (χ3v) is 3.30. The molecule has 0 aromatic carbocycles. The Morgan fingerprint density at radius 1 is 0.692 bits per heavy atom. The third kappa shape index (κ3) is 2.01. The van der Waals surface area contributed by atoms with E-state index in [0.29, 0.717) is 5.78 Å². The number of ketones is 1. The Balaban J connectivity index is 2.20. The summed E-state index contributed by atoms with van der Waals surface area (Å²) in [7, 11) is 0. The van der Waals surface area contributed by atoms with Crippen molar-refractivity contribution in [3.63, 3.8) is 0 Å². The molecule has 0 aliphatic heterocycles. The van der Waals surface area contributed by atoms with Gasteiger partial charge in [0.2, 0.25) is 0 Å². The second-order valence-corrected chi connectivity index (χ2v) is 4.27. The molecule has 0 radical (unpaired) electrons. The maximum atomic E-state index is 11.7. The quantitative estimate of drug-likeness (QED) is 0.555. The van der Waals surface area contributed by atoms with E-state index in [1.165, 1.54) is 49.7 Å². The van der Waals surface area contributed by atoms with Crippen molar-refractivity contribution in [2.75, 3.05) is 0 Å². The molecule has 1 heteroatoms. The molecule has 0 N–H and O–H groups in total. The van der Waals surface area contributed by atoms with Crippen LogP contribution in [-0.4, -0.2) is 5.78 Å². The lowest BCUT2D eigenvalue weighted by Gasteiger charge is -2.21. The van der Waals surface area contributed by atoms with Gasteiger partial charge in [0.1, 0.15) is 0 Å². The molecule has 72 valence electrons. The highest BCUT2D eigenvalue weighted by Gasteiger charge is 2.19. The van der Waals surface area contributed by atoms with E-state index in [2.05, 4.69) is 0 Å². The van der Waals surface area contributed by atoms with Crippen LogP contribution in [0.5, 0.6) is 0 Å². The average Bonchev–Trinajstić information content (AvgIpc) is 2.14. The Kier molecular flexibility index (Phi) is 2.82. The Labute approximate surface area is 80.2 Å². The number of hydrogen-bond acceptors (Lipinski definition) is 1. The fourth-order valence-corrected chi connectivity index (χ4v) is 2.53. The van der Waals surface area contributed by atoms with Gasteiger partial charge in [-0.25, -0.2) is 0 Å². The molecule has 2 rings (SSSR count). The van der Waals surface area contributed by atoms with E-state index in [0.717, 1.165) is 19.3 Å². The van der Waals surface area contributed by atoms with E-state index < -0.39 is 0 Å². The van der Waals surface area contributed by atoms with Gasteiger partial charge in [0.25, 0.3) is 0 Å². The minimum atomic E-state index is 0.467. The highest BCUT2D eigenvalue weighted by atomic mass is 16.1. The van der Waals surface area contributed by atoms with E-state index in [4.69, 9.17) is 0 Å². The summed E-state index contributed by atoms with van der Waals surface area (Å²) in [6.45, 7) is 0. The minimum absolute atomic E-state index is 0.467. The van der Waals surface area contributed by atoms with Crippen LogP contribution in [0.1, 0.15) is 57.8 Å². The van der Waals surface area contributed by atoms with Gasteiger partial charge in [0.05, 0.1) is 0 Å². The second-order valence-electron chi connectivity index (χ2n) is 4.27. The normalized spacial score (nSPS) is 25.1. The van der Waals surface area contributed by atoms with Crippen LogP contribution in [0.25, 0.3) is 0 Å². The summed E-state index contributed by atoms with van der Waals surface area (Å²) in [5, 5.41) is 0. The van der Waals surface area contributed by atoms with Crippen molar-refractivity contribution in [2.24, 2.45) is 0 Å². The number of hydrogen-bond donors (Lipinski definition) is 0. The maximum Gasteiger partial charge on any atom is 0.158 e. The number of rotatable bonds is 0. The summed E-state index contributed by atoms with van der Waals surface area (Å²) >= 11 is 0. The van der Waals surface area contributed by atoms with Crippen LogP contribution < -0.4 is 0 Å². The molecule has 1 nitrogen and oxygen atoms in total. The number of Topliss-reactive ketones (excluding diaryl/α,β-unsaturated/α-hetero) is 1. The predicted molar refractivity (Wildman–Crippen MR) is 53.6 cm³/mol. The van der Waals surface area contributed by atoms with Crippen molar-refractivity contribution >= 4 is 5.78 Å². The molecule has 0 spiro atoms. The van der Waals surface area contributed by atoms with Crippen molar-refractivity contribution in [1.82, 2.24) is 0 Å².